The summed E-state index contributed by atoms with van der Waals surface area (Å²) in [6.07, 6.45) is 5.86. The molecule has 0 spiro atoms. The zero-order chi connectivity index (χ0) is 9.26. The quantitative estimate of drug-likeness (QED) is 0.717. The molecule has 13 heavy (non-hydrogen) atoms. The van der Waals surface area contributed by atoms with Crippen LogP contribution in [0.4, 0.5) is 0 Å². The van der Waals surface area contributed by atoms with Gasteiger partial charge in [-0.3, -0.25) is 9.69 Å². The predicted molar refractivity (Wildman–Crippen MR) is 49.6 cm³/mol. The summed E-state index contributed by atoms with van der Waals surface area (Å²) in [5.41, 5.74) is 0. The summed E-state index contributed by atoms with van der Waals surface area (Å²) in [7, 11) is 0. The Labute approximate surface area is 78.7 Å². The standard InChI is InChI=1S/C10H17NO2/c12-10(13)9(8-4-5-8)11-6-2-1-3-7-11/h8-9H,1-7H2,(H,12,13). The summed E-state index contributed by atoms with van der Waals surface area (Å²) in [4.78, 5) is 13.2. The van der Waals surface area contributed by atoms with Crippen molar-refractivity contribution >= 4 is 5.97 Å². The molecule has 1 atom stereocenters. The van der Waals surface area contributed by atoms with Crippen molar-refractivity contribution in [3.63, 3.8) is 0 Å². The molecule has 0 aromatic heterocycles. The molecule has 3 heteroatoms. The van der Waals surface area contributed by atoms with Crippen LogP contribution in [0.3, 0.4) is 0 Å². The van der Waals surface area contributed by atoms with Gasteiger partial charge >= 0.3 is 5.97 Å². The van der Waals surface area contributed by atoms with Gasteiger partial charge in [-0.15, -0.1) is 0 Å². The maximum atomic E-state index is 11.0. The van der Waals surface area contributed by atoms with Crippen molar-refractivity contribution in [2.75, 3.05) is 13.1 Å². The monoisotopic (exact) mass is 183 g/mol. The van der Waals surface area contributed by atoms with Crippen LogP contribution >= 0.6 is 0 Å². The Bertz CT molecular complexity index is 195. The van der Waals surface area contributed by atoms with Crippen molar-refractivity contribution in [3.8, 4) is 0 Å². The van der Waals surface area contributed by atoms with Gasteiger partial charge in [0.05, 0.1) is 0 Å². The fourth-order valence-electron chi connectivity index (χ4n) is 2.26. The van der Waals surface area contributed by atoms with Gasteiger partial charge in [0, 0.05) is 0 Å². The molecule has 0 radical (unpaired) electrons. The summed E-state index contributed by atoms with van der Waals surface area (Å²) >= 11 is 0. The third-order valence-corrected chi connectivity index (χ3v) is 3.11. The first kappa shape index (κ1) is 9.00. The van der Waals surface area contributed by atoms with Crippen molar-refractivity contribution < 1.29 is 9.90 Å². The van der Waals surface area contributed by atoms with Crippen LogP contribution in [-0.2, 0) is 4.79 Å². The van der Waals surface area contributed by atoms with Gasteiger partial charge in [-0.25, -0.2) is 0 Å². The van der Waals surface area contributed by atoms with Gasteiger partial charge in [0.2, 0.25) is 0 Å². The number of nitrogens with zero attached hydrogens (tertiary/aromatic N) is 1. The molecule has 2 fully saturated rings. The Morgan fingerprint density at radius 1 is 1.23 bits per heavy atom. The number of piperidine rings is 1. The van der Waals surface area contributed by atoms with Crippen LogP contribution in [0.15, 0.2) is 0 Å². The molecule has 1 heterocycles. The van der Waals surface area contributed by atoms with Gasteiger partial charge in [-0.2, -0.15) is 0 Å². The maximum absolute atomic E-state index is 11.0. The molecule has 74 valence electrons. The Kier molecular flexibility index (Phi) is 2.54. The number of rotatable bonds is 3. The molecule has 0 aromatic carbocycles. The highest BCUT2D eigenvalue weighted by Gasteiger charge is 2.40. The Morgan fingerprint density at radius 2 is 1.85 bits per heavy atom. The van der Waals surface area contributed by atoms with E-state index in [1.165, 1.54) is 19.3 Å². The summed E-state index contributed by atoms with van der Waals surface area (Å²) < 4.78 is 0. The zero-order valence-corrected chi connectivity index (χ0v) is 7.91. The first-order valence-corrected chi connectivity index (χ1v) is 5.26. The molecule has 1 aliphatic carbocycles. The lowest BCUT2D eigenvalue weighted by molar-refractivity contribution is -0.144. The molecular weight excluding hydrogens is 166 g/mol. The SMILES string of the molecule is O=C(O)C(C1CC1)N1CCCCC1. The normalized spacial score (nSPS) is 27.1. The van der Waals surface area contributed by atoms with Crippen LogP contribution in [0.5, 0.6) is 0 Å². The van der Waals surface area contributed by atoms with E-state index in [0.29, 0.717) is 5.92 Å². The second-order valence-electron chi connectivity index (χ2n) is 4.22. The van der Waals surface area contributed by atoms with Crippen LogP contribution in [-0.4, -0.2) is 35.1 Å². The third kappa shape index (κ3) is 2.02. The van der Waals surface area contributed by atoms with E-state index < -0.39 is 5.97 Å². The van der Waals surface area contributed by atoms with E-state index in [2.05, 4.69) is 4.90 Å². The van der Waals surface area contributed by atoms with Crippen molar-refractivity contribution in [3.05, 3.63) is 0 Å². The van der Waals surface area contributed by atoms with E-state index in [0.717, 1.165) is 25.9 Å². The van der Waals surface area contributed by atoms with E-state index in [1.807, 2.05) is 0 Å². The Balaban J connectivity index is 1.96. The number of likely N-dealkylation sites (tertiary alicyclic amines) is 1. The Morgan fingerprint density at radius 3 is 2.31 bits per heavy atom. The van der Waals surface area contributed by atoms with Crippen LogP contribution in [0.2, 0.25) is 0 Å². The highest BCUT2D eigenvalue weighted by molar-refractivity contribution is 5.74. The number of hydrogen-bond donors (Lipinski definition) is 1. The van der Waals surface area contributed by atoms with Crippen molar-refractivity contribution in [2.45, 2.75) is 38.1 Å². The summed E-state index contributed by atoms with van der Waals surface area (Å²) in [6.45, 7) is 1.99. The van der Waals surface area contributed by atoms with Crippen molar-refractivity contribution in [2.24, 2.45) is 5.92 Å². The van der Waals surface area contributed by atoms with Crippen LogP contribution < -0.4 is 0 Å². The molecular formula is C10H17NO2. The maximum Gasteiger partial charge on any atom is 0.321 e. The lowest BCUT2D eigenvalue weighted by Gasteiger charge is -2.31. The molecule has 2 rings (SSSR count). The summed E-state index contributed by atoms with van der Waals surface area (Å²) in [5.74, 6) is -0.153. The van der Waals surface area contributed by atoms with Crippen molar-refractivity contribution in [1.82, 2.24) is 4.90 Å². The smallest absolute Gasteiger partial charge is 0.321 e. The molecule has 3 nitrogen and oxygen atoms in total. The molecule has 2 aliphatic rings. The molecule has 1 aliphatic heterocycles. The molecule has 0 bridgehead atoms. The van der Waals surface area contributed by atoms with E-state index in [9.17, 15) is 4.79 Å². The average molecular weight is 183 g/mol. The number of hydrogen-bond acceptors (Lipinski definition) is 2. The molecule has 1 N–H and O–H groups in total. The van der Waals surface area contributed by atoms with Gasteiger partial charge in [0.25, 0.3) is 0 Å². The highest BCUT2D eigenvalue weighted by atomic mass is 16.4. The predicted octanol–water partition coefficient (Wildman–Crippen LogP) is 1.34. The fourth-order valence-corrected chi connectivity index (χ4v) is 2.26. The number of carboxylic acids is 1. The fraction of sp³-hybridized carbons (Fsp3) is 0.900. The number of aliphatic carboxylic acids is 1. The second kappa shape index (κ2) is 3.66. The Hall–Kier alpha value is -0.570. The minimum atomic E-state index is -0.607. The summed E-state index contributed by atoms with van der Waals surface area (Å²) in [6, 6.07) is -0.166. The van der Waals surface area contributed by atoms with E-state index in [1.54, 1.807) is 0 Å². The highest BCUT2D eigenvalue weighted by Crippen LogP contribution is 2.36. The van der Waals surface area contributed by atoms with Crippen LogP contribution in [0, 0.1) is 5.92 Å². The van der Waals surface area contributed by atoms with Gasteiger partial charge in [-0.05, 0) is 44.7 Å². The van der Waals surface area contributed by atoms with Gasteiger partial charge in [0.15, 0.2) is 0 Å². The molecule has 0 aromatic rings. The van der Waals surface area contributed by atoms with E-state index in [-0.39, 0.29) is 6.04 Å². The second-order valence-corrected chi connectivity index (χ2v) is 4.22. The number of carboxylic acid groups (broad SMARTS) is 1. The molecule has 0 amide bonds. The molecule has 1 saturated heterocycles. The summed E-state index contributed by atoms with van der Waals surface area (Å²) in [5, 5.41) is 9.09. The number of carbonyl (C=O) groups is 1. The van der Waals surface area contributed by atoms with Gasteiger partial charge < -0.3 is 5.11 Å². The lowest BCUT2D eigenvalue weighted by Crippen LogP contribution is -2.45. The van der Waals surface area contributed by atoms with Crippen LogP contribution in [0.25, 0.3) is 0 Å². The zero-order valence-electron chi connectivity index (χ0n) is 7.91. The molecule has 1 saturated carbocycles. The lowest BCUT2D eigenvalue weighted by atomic mass is 10.1. The van der Waals surface area contributed by atoms with Crippen LogP contribution in [0.1, 0.15) is 32.1 Å². The largest absolute Gasteiger partial charge is 0.480 e. The first-order chi connectivity index (χ1) is 6.29. The van der Waals surface area contributed by atoms with Gasteiger partial charge in [-0.1, -0.05) is 6.42 Å². The van der Waals surface area contributed by atoms with E-state index >= 15 is 0 Å². The molecule has 1 unspecified atom stereocenters. The van der Waals surface area contributed by atoms with Gasteiger partial charge in [0.1, 0.15) is 6.04 Å². The minimum Gasteiger partial charge on any atom is -0.480 e. The topological polar surface area (TPSA) is 40.5 Å². The average Bonchev–Trinajstić information content (AvgIpc) is 2.90. The minimum absolute atomic E-state index is 0.166. The first-order valence-electron chi connectivity index (χ1n) is 5.26. The van der Waals surface area contributed by atoms with E-state index in [4.69, 9.17) is 5.11 Å². The van der Waals surface area contributed by atoms with Crippen molar-refractivity contribution in [1.29, 1.82) is 0 Å². The third-order valence-electron chi connectivity index (χ3n) is 3.11.